The smallest absolute Gasteiger partial charge is 0.152 e. The summed E-state index contributed by atoms with van der Waals surface area (Å²) in [5.41, 5.74) is 1.27. The maximum atomic E-state index is 7.45. The average molecular weight is 216 g/mol. The molecule has 0 saturated heterocycles. The minimum Gasteiger partial charge on any atom is -0.339 e. The van der Waals surface area contributed by atoms with E-state index in [9.17, 15) is 0 Å². The number of rotatable bonds is 1. The largest absolute Gasteiger partial charge is 0.339 e. The molecule has 3 nitrogen and oxygen atoms in total. The summed E-state index contributed by atoms with van der Waals surface area (Å²) in [6.45, 7) is 1.88. The van der Waals surface area contributed by atoms with E-state index in [2.05, 4.69) is 20.9 Å². The molecule has 1 aromatic heterocycles. The van der Waals surface area contributed by atoms with Crippen molar-refractivity contribution in [3.63, 3.8) is 0 Å². The van der Waals surface area contributed by atoms with Gasteiger partial charge in [-0.2, -0.15) is 0 Å². The van der Waals surface area contributed by atoms with Crippen LogP contribution in [0.3, 0.4) is 0 Å². The maximum Gasteiger partial charge on any atom is 0.152 e. The standard InChI is InChI=1S/C7H10BrN3/c1-5-10-7(9)6(3-8)4-11(5)2/h4,9H,3H2,1-2H3. The molecule has 0 spiro atoms. The van der Waals surface area contributed by atoms with Crippen molar-refractivity contribution in [3.8, 4) is 0 Å². The van der Waals surface area contributed by atoms with Gasteiger partial charge in [-0.3, -0.25) is 5.41 Å². The van der Waals surface area contributed by atoms with E-state index in [0.717, 1.165) is 11.4 Å². The molecule has 0 amide bonds. The fourth-order valence-electron chi connectivity index (χ4n) is 0.799. The highest BCUT2D eigenvalue weighted by atomic mass is 79.9. The van der Waals surface area contributed by atoms with Crippen LogP contribution in [0.4, 0.5) is 0 Å². The van der Waals surface area contributed by atoms with E-state index in [1.807, 2.05) is 24.7 Å². The number of hydrogen-bond acceptors (Lipinski definition) is 2. The molecule has 1 rings (SSSR count). The average Bonchev–Trinajstić information content (AvgIpc) is 1.97. The molecule has 1 heterocycles. The van der Waals surface area contributed by atoms with E-state index in [1.54, 1.807) is 0 Å². The van der Waals surface area contributed by atoms with Gasteiger partial charge in [0, 0.05) is 24.1 Å². The molecule has 4 heteroatoms. The summed E-state index contributed by atoms with van der Waals surface area (Å²) >= 11 is 3.29. The van der Waals surface area contributed by atoms with Crippen LogP contribution in [0, 0.1) is 12.3 Å². The molecule has 0 aliphatic rings. The van der Waals surface area contributed by atoms with Crippen molar-refractivity contribution in [1.29, 1.82) is 5.41 Å². The van der Waals surface area contributed by atoms with E-state index < -0.39 is 0 Å². The molecule has 0 aliphatic heterocycles. The van der Waals surface area contributed by atoms with Crippen LogP contribution in [0.5, 0.6) is 0 Å². The first kappa shape index (κ1) is 8.46. The molecule has 0 atom stereocenters. The zero-order chi connectivity index (χ0) is 8.43. The normalized spacial score (nSPS) is 10.1. The highest BCUT2D eigenvalue weighted by molar-refractivity contribution is 9.08. The quantitative estimate of drug-likeness (QED) is 0.701. The van der Waals surface area contributed by atoms with Crippen molar-refractivity contribution in [2.24, 2.45) is 7.05 Å². The van der Waals surface area contributed by atoms with Crippen molar-refractivity contribution in [2.75, 3.05) is 0 Å². The van der Waals surface area contributed by atoms with Crippen molar-refractivity contribution < 1.29 is 0 Å². The summed E-state index contributed by atoms with van der Waals surface area (Å²) < 4.78 is 1.91. The van der Waals surface area contributed by atoms with Crippen molar-refractivity contribution >= 4 is 15.9 Å². The van der Waals surface area contributed by atoms with Gasteiger partial charge in [0.25, 0.3) is 0 Å². The third-order valence-corrected chi connectivity index (χ3v) is 2.19. The lowest BCUT2D eigenvalue weighted by molar-refractivity contribution is 0.773. The molecule has 11 heavy (non-hydrogen) atoms. The Labute approximate surface area is 73.7 Å². The lowest BCUT2D eigenvalue weighted by Gasteiger charge is -2.04. The summed E-state index contributed by atoms with van der Waals surface area (Å²) in [5.74, 6) is 0.861. The highest BCUT2D eigenvalue weighted by Crippen LogP contribution is 1.98. The number of halogens is 1. The van der Waals surface area contributed by atoms with Gasteiger partial charge < -0.3 is 4.57 Å². The number of nitrogens with zero attached hydrogens (tertiary/aromatic N) is 2. The van der Waals surface area contributed by atoms with Gasteiger partial charge in [0.05, 0.1) is 0 Å². The van der Waals surface area contributed by atoms with Crippen LogP contribution in [0.15, 0.2) is 6.20 Å². The number of aryl methyl sites for hydroxylation is 2. The summed E-state index contributed by atoms with van der Waals surface area (Å²) in [7, 11) is 1.92. The Morgan fingerprint density at radius 3 is 2.91 bits per heavy atom. The van der Waals surface area contributed by atoms with Gasteiger partial charge in [0.1, 0.15) is 5.82 Å². The number of nitrogens with one attached hydrogen (secondary N) is 1. The van der Waals surface area contributed by atoms with E-state index in [4.69, 9.17) is 5.41 Å². The van der Waals surface area contributed by atoms with Crippen LogP contribution >= 0.6 is 15.9 Å². The predicted molar refractivity (Wildman–Crippen MR) is 46.4 cm³/mol. The maximum absolute atomic E-state index is 7.45. The Morgan fingerprint density at radius 2 is 2.36 bits per heavy atom. The minimum absolute atomic E-state index is 0.359. The van der Waals surface area contributed by atoms with Crippen LogP contribution in [0.25, 0.3) is 0 Å². The molecule has 60 valence electrons. The lowest BCUT2D eigenvalue weighted by Crippen LogP contribution is -2.17. The van der Waals surface area contributed by atoms with Crippen LogP contribution < -0.4 is 5.49 Å². The molecular weight excluding hydrogens is 206 g/mol. The third-order valence-electron chi connectivity index (χ3n) is 1.58. The second kappa shape index (κ2) is 3.17. The Kier molecular flexibility index (Phi) is 2.44. The topological polar surface area (TPSA) is 41.7 Å². The molecule has 1 aromatic rings. The van der Waals surface area contributed by atoms with Gasteiger partial charge in [0.15, 0.2) is 5.49 Å². The molecule has 0 saturated carbocycles. The molecule has 0 fully saturated rings. The number of alkyl halides is 1. The summed E-state index contributed by atoms with van der Waals surface area (Å²) in [6, 6.07) is 0. The van der Waals surface area contributed by atoms with Gasteiger partial charge in [-0.25, -0.2) is 4.98 Å². The Balaban J connectivity index is 3.32. The number of hydrogen-bond donors (Lipinski definition) is 1. The van der Waals surface area contributed by atoms with E-state index in [-0.39, 0.29) is 0 Å². The van der Waals surface area contributed by atoms with Crippen molar-refractivity contribution in [2.45, 2.75) is 12.3 Å². The predicted octanol–water partition coefficient (Wildman–Crippen LogP) is 1.10. The van der Waals surface area contributed by atoms with E-state index >= 15 is 0 Å². The Morgan fingerprint density at radius 1 is 1.73 bits per heavy atom. The summed E-state index contributed by atoms with van der Waals surface area (Å²) in [5, 5.41) is 8.14. The molecule has 1 N–H and O–H groups in total. The molecule has 0 aliphatic carbocycles. The fraction of sp³-hybridized carbons (Fsp3) is 0.429. The van der Waals surface area contributed by atoms with Crippen LogP contribution in [0.2, 0.25) is 0 Å². The fourth-order valence-corrected chi connectivity index (χ4v) is 1.21. The minimum atomic E-state index is 0.359. The van der Waals surface area contributed by atoms with Gasteiger partial charge in [0.2, 0.25) is 0 Å². The van der Waals surface area contributed by atoms with E-state index in [1.165, 1.54) is 0 Å². The van der Waals surface area contributed by atoms with Gasteiger partial charge in [-0.05, 0) is 6.92 Å². The second-order valence-electron chi connectivity index (χ2n) is 2.41. The van der Waals surface area contributed by atoms with Gasteiger partial charge >= 0.3 is 0 Å². The first-order valence-corrected chi connectivity index (χ1v) is 4.41. The Hall–Kier alpha value is -0.640. The van der Waals surface area contributed by atoms with Gasteiger partial charge in [-0.15, -0.1) is 0 Å². The highest BCUT2D eigenvalue weighted by Gasteiger charge is 1.97. The molecule has 0 aromatic carbocycles. The lowest BCUT2D eigenvalue weighted by atomic mass is 10.4. The number of aromatic nitrogens is 2. The first-order chi connectivity index (χ1) is 5.15. The second-order valence-corrected chi connectivity index (χ2v) is 2.97. The van der Waals surface area contributed by atoms with Crippen molar-refractivity contribution in [1.82, 2.24) is 9.55 Å². The van der Waals surface area contributed by atoms with Crippen LogP contribution in [-0.2, 0) is 12.4 Å². The van der Waals surface area contributed by atoms with Crippen LogP contribution in [0.1, 0.15) is 11.4 Å². The Bertz CT molecular complexity index is 316. The first-order valence-electron chi connectivity index (χ1n) is 3.29. The molecule has 0 radical (unpaired) electrons. The molecule has 0 bridgehead atoms. The third kappa shape index (κ3) is 1.68. The zero-order valence-corrected chi connectivity index (χ0v) is 8.14. The van der Waals surface area contributed by atoms with Crippen molar-refractivity contribution in [3.05, 3.63) is 23.1 Å². The van der Waals surface area contributed by atoms with Crippen LogP contribution in [-0.4, -0.2) is 9.55 Å². The zero-order valence-electron chi connectivity index (χ0n) is 6.56. The monoisotopic (exact) mass is 215 g/mol. The molecular formula is C7H10BrN3. The van der Waals surface area contributed by atoms with Gasteiger partial charge in [-0.1, -0.05) is 15.9 Å². The van der Waals surface area contributed by atoms with E-state index in [0.29, 0.717) is 10.8 Å². The summed E-state index contributed by atoms with van der Waals surface area (Å²) in [4.78, 5) is 4.04. The molecule has 0 unspecified atom stereocenters. The summed E-state index contributed by atoms with van der Waals surface area (Å²) in [6.07, 6.45) is 1.92. The SMILES string of the molecule is Cc1nc(=N)c(CBr)cn1C.